The van der Waals surface area contributed by atoms with Crippen LogP contribution in [-0.4, -0.2) is 16.1 Å². The molecular formula is C16H15F4N3O. The van der Waals surface area contributed by atoms with Gasteiger partial charge in [-0.15, -0.1) is 0 Å². The zero-order chi connectivity index (χ0) is 17.2. The van der Waals surface area contributed by atoms with Crippen LogP contribution < -0.4 is 10.1 Å². The molecule has 1 aliphatic carbocycles. The Morgan fingerprint density at radius 2 is 1.92 bits per heavy atom. The van der Waals surface area contributed by atoms with Gasteiger partial charge in [0, 0.05) is 11.9 Å². The maximum absolute atomic E-state index is 13.2. The van der Waals surface area contributed by atoms with E-state index in [4.69, 9.17) is 4.74 Å². The monoisotopic (exact) mass is 341 g/mol. The molecule has 0 saturated heterocycles. The topological polar surface area (TPSA) is 47.0 Å². The van der Waals surface area contributed by atoms with Gasteiger partial charge in [0.15, 0.2) is 0 Å². The summed E-state index contributed by atoms with van der Waals surface area (Å²) >= 11 is 0. The number of benzene rings is 1. The largest absolute Gasteiger partial charge is 0.474 e. The van der Waals surface area contributed by atoms with Crippen molar-refractivity contribution in [3.63, 3.8) is 0 Å². The molecule has 0 radical (unpaired) electrons. The minimum absolute atomic E-state index is 0.0819. The molecule has 0 bridgehead atoms. The van der Waals surface area contributed by atoms with Gasteiger partial charge in [-0.3, -0.25) is 0 Å². The molecule has 0 amide bonds. The predicted octanol–water partition coefficient (Wildman–Crippen LogP) is 4.70. The van der Waals surface area contributed by atoms with E-state index < -0.39 is 23.4 Å². The maximum Gasteiger partial charge on any atom is 0.423 e. The Morgan fingerprint density at radius 3 is 2.58 bits per heavy atom. The number of rotatable bonds is 4. The van der Waals surface area contributed by atoms with Gasteiger partial charge in [-0.2, -0.15) is 18.2 Å². The van der Waals surface area contributed by atoms with Crippen LogP contribution in [0.3, 0.4) is 0 Å². The maximum atomic E-state index is 13.2. The summed E-state index contributed by atoms with van der Waals surface area (Å²) in [6.45, 7) is 0. The lowest BCUT2D eigenvalue weighted by molar-refractivity contribution is -0.139. The Hall–Kier alpha value is -2.38. The van der Waals surface area contributed by atoms with Crippen LogP contribution in [0, 0.1) is 5.82 Å². The van der Waals surface area contributed by atoms with Gasteiger partial charge in [-0.1, -0.05) is 6.07 Å². The summed E-state index contributed by atoms with van der Waals surface area (Å²) in [6.07, 6.45) is -0.952. The molecule has 1 N–H and O–H groups in total. The highest BCUT2D eigenvalue weighted by Gasteiger charge is 2.37. The second-order valence-corrected chi connectivity index (χ2v) is 5.57. The van der Waals surface area contributed by atoms with Crippen molar-refractivity contribution in [3.05, 3.63) is 41.8 Å². The quantitative estimate of drug-likeness (QED) is 0.819. The van der Waals surface area contributed by atoms with Crippen LogP contribution in [0.25, 0.3) is 0 Å². The smallest absolute Gasteiger partial charge is 0.423 e. The van der Waals surface area contributed by atoms with Crippen molar-refractivity contribution in [1.82, 2.24) is 9.97 Å². The van der Waals surface area contributed by atoms with E-state index in [1.807, 2.05) is 0 Å². The Labute approximate surface area is 135 Å². The molecule has 1 aromatic heterocycles. The fourth-order valence-corrected chi connectivity index (χ4v) is 2.57. The summed E-state index contributed by atoms with van der Waals surface area (Å²) in [5.74, 6) is -1.06. The van der Waals surface area contributed by atoms with E-state index in [-0.39, 0.29) is 12.1 Å². The number of nitrogens with one attached hydrogen (secondary N) is 1. The third-order valence-corrected chi connectivity index (χ3v) is 3.72. The molecule has 8 heteroatoms. The van der Waals surface area contributed by atoms with Crippen LogP contribution >= 0.6 is 0 Å². The van der Waals surface area contributed by atoms with Gasteiger partial charge in [0.05, 0.1) is 0 Å². The molecule has 0 spiro atoms. The summed E-state index contributed by atoms with van der Waals surface area (Å²) in [5, 5.41) is 2.68. The molecule has 0 atom stereocenters. The van der Waals surface area contributed by atoms with Gasteiger partial charge in [0.25, 0.3) is 0 Å². The number of alkyl halides is 3. The van der Waals surface area contributed by atoms with Crippen LogP contribution in [0.1, 0.15) is 31.2 Å². The number of halogens is 4. The number of nitrogens with zero attached hydrogens (tertiary/aromatic N) is 2. The molecule has 4 nitrogen and oxygen atoms in total. The zero-order valence-electron chi connectivity index (χ0n) is 12.6. The lowest BCUT2D eigenvalue weighted by Gasteiger charge is -2.17. The van der Waals surface area contributed by atoms with Crippen molar-refractivity contribution in [2.75, 3.05) is 5.32 Å². The van der Waals surface area contributed by atoms with Gasteiger partial charge >= 0.3 is 6.18 Å². The van der Waals surface area contributed by atoms with E-state index in [1.54, 1.807) is 6.07 Å². The van der Waals surface area contributed by atoms with Crippen molar-refractivity contribution >= 4 is 11.6 Å². The average molecular weight is 341 g/mol. The van der Waals surface area contributed by atoms with Crippen LogP contribution in [0.4, 0.5) is 29.2 Å². The van der Waals surface area contributed by atoms with Crippen molar-refractivity contribution in [1.29, 1.82) is 0 Å². The Kier molecular flexibility index (Phi) is 4.55. The molecule has 1 heterocycles. The summed E-state index contributed by atoms with van der Waals surface area (Å²) < 4.78 is 57.9. The van der Waals surface area contributed by atoms with Crippen molar-refractivity contribution in [2.45, 2.75) is 38.0 Å². The highest BCUT2D eigenvalue weighted by molar-refractivity contribution is 5.53. The highest BCUT2D eigenvalue weighted by Crippen LogP contribution is 2.37. The van der Waals surface area contributed by atoms with Crippen molar-refractivity contribution < 1.29 is 22.3 Å². The molecule has 2 aromatic rings. The molecule has 1 aromatic carbocycles. The van der Waals surface area contributed by atoms with E-state index >= 15 is 0 Å². The summed E-state index contributed by atoms with van der Waals surface area (Å²) in [6, 6.07) is 5.48. The third-order valence-electron chi connectivity index (χ3n) is 3.72. The minimum atomic E-state index is -4.61. The molecule has 128 valence electrons. The summed E-state index contributed by atoms with van der Waals surface area (Å²) in [7, 11) is 0. The summed E-state index contributed by atoms with van der Waals surface area (Å²) in [5.41, 5.74) is -0.680. The van der Waals surface area contributed by atoms with Crippen molar-refractivity contribution in [2.24, 2.45) is 0 Å². The number of hydrogen-bond acceptors (Lipinski definition) is 4. The lowest BCUT2D eigenvalue weighted by atomic mass is 10.3. The Balaban J connectivity index is 1.88. The normalized spacial score (nSPS) is 15.5. The standard InChI is InChI=1S/C16H15F4N3O/c17-10-4-3-5-11(8-10)22-15-21-9-13(16(18,19)20)14(23-15)24-12-6-1-2-7-12/h3-5,8-9,12H,1-2,6-7H2,(H,21,22,23). The van der Waals surface area contributed by atoms with Crippen LogP contribution in [0.15, 0.2) is 30.5 Å². The molecule has 1 aliphatic rings. The average Bonchev–Trinajstić information content (AvgIpc) is 2.99. The van der Waals surface area contributed by atoms with Crippen LogP contribution in [0.2, 0.25) is 0 Å². The fourth-order valence-electron chi connectivity index (χ4n) is 2.57. The fraction of sp³-hybridized carbons (Fsp3) is 0.375. The molecule has 3 rings (SSSR count). The molecule has 1 saturated carbocycles. The van der Waals surface area contributed by atoms with E-state index in [1.165, 1.54) is 18.2 Å². The molecule has 0 aliphatic heterocycles. The van der Waals surface area contributed by atoms with Gasteiger partial charge in [-0.25, -0.2) is 9.37 Å². The van der Waals surface area contributed by atoms with E-state index in [0.29, 0.717) is 24.7 Å². The molecule has 0 unspecified atom stereocenters. The number of anilines is 2. The number of ether oxygens (including phenoxy) is 1. The first-order chi connectivity index (χ1) is 11.4. The first-order valence-corrected chi connectivity index (χ1v) is 7.55. The lowest BCUT2D eigenvalue weighted by Crippen LogP contribution is -2.18. The molecular weight excluding hydrogens is 326 g/mol. The van der Waals surface area contributed by atoms with E-state index in [9.17, 15) is 17.6 Å². The van der Waals surface area contributed by atoms with Crippen LogP contribution in [0.5, 0.6) is 5.88 Å². The zero-order valence-corrected chi connectivity index (χ0v) is 12.6. The number of aromatic nitrogens is 2. The third kappa shape index (κ3) is 3.93. The Bertz CT molecular complexity index is 715. The minimum Gasteiger partial charge on any atom is -0.474 e. The second-order valence-electron chi connectivity index (χ2n) is 5.57. The van der Waals surface area contributed by atoms with E-state index in [0.717, 1.165) is 12.8 Å². The number of hydrogen-bond donors (Lipinski definition) is 1. The predicted molar refractivity (Wildman–Crippen MR) is 79.6 cm³/mol. The molecule has 1 fully saturated rings. The first-order valence-electron chi connectivity index (χ1n) is 7.55. The van der Waals surface area contributed by atoms with Crippen molar-refractivity contribution in [3.8, 4) is 5.88 Å². The summed E-state index contributed by atoms with van der Waals surface area (Å²) in [4.78, 5) is 7.50. The molecule has 24 heavy (non-hydrogen) atoms. The SMILES string of the molecule is Fc1cccc(Nc2ncc(C(F)(F)F)c(OC3CCCC3)n2)c1. The van der Waals surface area contributed by atoms with Gasteiger partial charge < -0.3 is 10.1 Å². The van der Waals surface area contributed by atoms with Gasteiger partial charge in [0.2, 0.25) is 11.8 Å². The second kappa shape index (κ2) is 6.62. The van der Waals surface area contributed by atoms with Gasteiger partial charge in [-0.05, 0) is 43.9 Å². The van der Waals surface area contributed by atoms with Gasteiger partial charge in [0.1, 0.15) is 17.5 Å². The highest BCUT2D eigenvalue weighted by atomic mass is 19.4. The van der Waals surface area contributed by atoms with E-state index in [2.05, 4.69) is 15.3 Å². The Morgan fingerprint density at radius 1 is 1.17 bits per heavy atom. The van der Waals surface area contributed by atoms with Crippen LogP contribution in [-0.2, 0) is 6.18 Å². The first kappa shape index (κ1) is 16.5.